The molecule has 2 fully saturated rings. The van der Waals surface area contributed by atoms with E-state index in [-0.39, 0.29) is 17.7 Å². The number of nitrogens with two attached hydrogens (primary N) is 1. The fourth-order valence-electron chi connectivity index (χ4n) is 3.93. The Kier molecular flexibility index (Phi) is 5.35. The zero-order valence-corrected chi connectivity index (χ0v) is 15.5. The Morgan fingerprint density at radius 1 is 1.20 bits per heavy atom. The third kappa shape index (κ3) is 3.98. The number of halogens is 1. The Morgan fingerprint density at radius 2 is 1.80 bits per heavy atom. The van der Waals surface area contributed by atoms with Gasteiger partial charge in [-0.1, -0.05) is 30.7 Å². The molecule has 2 N–H and O–H groups in total. The molecular formula is C19H26ClN3O2. The molecule has 0 bridgehead atoms. The second kappa shape index (κ2) is 7.34. The van der Waals surface area contributed by atoms with E-state index >= 15 is 0 Å². The van der Waals surface area contributed by atoms with Crippen molar-refractivity contribution in [1.29, 1.82) is 0 Å². The summed E-state index contributed by atoms with van der Waals surface area (Å²) in [4.78, 5) is 28.8. The first-order valence-electron chi connectivity index (χ1n) is 8.95. The van der Waals surface area contributed by atoms with E-state index in [1.54, 1.807) is 4.90 Å². The largest absolute Gasteiger partial charge is 0.369 e. The quantitative estimate of drug-likeness (QED) is 0.839. The van der Waals surface area contributed by atoms with Gasteiger partial charge in [0.1, 0.15) is 0 Å². The van der Waals surface area contributed by atoms with E-state index < -0.39 is 5.41 Å². The van der Waals surface area contributed by atoms with Gasteiger partial charge in [-0.05, 0) is 50.0 Å². The molecule has 1 atom stereocenters. The van der Waals surface area contributed by atoms with Crippen LogP contribution in [0.15, 0.2) is 24.3 Å². The topological polar surface area (TPSA) is 66.6 Å². The van der Waals surface area contributed by atoms with Crippen LogP contribution in [0.25, 0.3) is 0 Å². The summed E-state index contributed by atoms with van der Waals surface area (Å²) in [6, 6.07) is 7.44. The van der Waals surface area contributed by atoms with Crippen molar-refractivity contribution in [2.24, 2.45) is 17.1 Å². The van der Waals surface area contributed by atoms with Gasteiger partial charge in [-0.3, -0.25) is 9.59 Å². The summed E-state index contributed by atoms with van der Waals surface area (Å²) in [5, 5.41) is 0.665. The number of benzene rings is 1. The summed E-state index contributed by atoms with van der Waals surface area (Å²) in [7, 11) is 0. The number of carbonyl (C=O) groups excluding carboxylic acids is 2. The molecule has 2 amide bonds. The van der Waals surface area contributed by atoms with E-state index in [1.165, 1.54) is 12.8 Å². The first-order chi connectivity index (χ1) is 11.9. The van der Waals surface area contributed by atoms with Crippen molar-refractivity contribution in [3.8, 4) is 0 Å². The maximum Gasteiger partial charge on any atom is 0.227 e. The van der Waals surface area contributed by atoms with Gasteiger partial charge in [-0.15, -0.1) is 0 Å². The minimum atomic E-state index is -0.656. The highest BCUT2D eigenvalue weighted by molar-refractivity contribution is 6.30. The van der Waals surface area contributed by atoms with Crippen LogP contribution < -0.4 is 5.73 Å². The standard InChI is InChI=1S/C19H26ClN3O2/c1-14(11-22-8-2-3-9-22)17(24)23-12-19(13-23,18(21)25)10-15-4-6-16(20)7-5-15/h4-7,14H,2-3,8-13H2,1H3,(H2,21,25). The number of primary amides is 1. The lowest BCUT2D eigenvalue weighted by Gasteiger charge is -2.49. The van der Waals surface area contributed by atoms with Crippen molar-refractivity contribution in [2.45, 2.75) is 26.2 Å². The Morgan fingerprint density at radius 3 is 2.36 bits per heavy atom. The second-order valence-electron chi connectivity index (χ2n) is 7.55. The van der Waals surface area contributed by atoms with Crippen molar-refractivity contribution >= 4 is 23.4 Å². The molecule has 0 aliphatic carbocycles. The summed E-state index contributed by atoms with van der Waals surface area (Å²) in [5.41, 5.74) is 6.03. The highest BCUT2D eigenvalue weighted by Gasteiger charge is 2.50. The summed E-state index contributed by atoms with van der Waals surface area (Å²) < 4.78 is 0. The van der Waals surface area contributed by atoms with Gasteiger partial charge in [0.25, 0.3) is 0 Å². The molecule has 1 aromatic rings. The first-order valence-corrected chi connectivity index (χ1v) is 9.33. The predicted octanol–water partition coefficient (Wildman–Crippen LogP) is 1.93. The lowest BCUT2D eigenvalue weighted by molar-refractivity contribution is -0.154. The Hall–Kier alpha value is -1.59. The van der Waals surface area contributed by atoms with Crippen LogP contribution in [0.3, 0.4) is 0 Å². The zero-order valence-electron chi connectivity index (χ0n) is 14.7. The van der Waals surface area contributed by atoms with Crippen molar-refractivity contribution in [3.63, 3.8) is 0 Å². The monoisotopic (exact) mass is 363 g/mol. The minimum Gasteiger partial charge on any atom is -0.369 e. The molecule has 1 aromatic carbocycles. The van der Waals surface area contributed by atoms with E-state index in [4.69, 9.17) is 17.3 Å². The third-order valence-corrected chi connectivity index (χ3v) is 5.68. The minimum absolute atomic E-state index is 0.0421. The van der Waals surface area contributed by atoms with E-state index in [1.807, 2.05) is 31.2 Å². The van der Waals surface area contributed by atoms with Crippen molar-refractivity contribution < 1.29 is 9.59 Å². The number of carbonyl (C=O) groups is 2. The van der Waals surface area contributed by atoms with E-state index in [2.05, 4.69) is 4.90 Å². The highest BCUT2D eigenvalue weighted by atomic mass is 35.5. The third-order valence-electron chi connectivity index (χ3n) is 5.43. The van der Waals surface area contributed by atoms with Crippen LogP contribution in [-0.2, 0) is 16.0 Å². The normalized spacial score (nSPS) is 21.0. The van der Waals surface area contributed by atoms with Crippen molar-refractivity contribution in [2.75, 3.05) is 32.7 Å². The summed E-state index contributed by atoms with van der Waals surface area (Å²) in [6.07, 6.45) is 2.98. The molecule has 0 spiro atoms. The van der Waals surface area contributed by atoms with Crippen LogP contribution in [0.2, 0.25) is 5.02 Å². The van der Waals surface area contributed by atoms with Gasteiger partial charge in [0.2, 0.25) is 11.8 Å². The smallest absolute Gasteiger partial charge is 0.227 e. The molecule has 6 heteroatoms. The Balaban J connectivity index is 1.59. The number of hydrogen-bond donors (Lipinski definition) is 1. The maximum atomic E-state index is 12.7. The van der Waals surface area contributed by atoms with Gasteiger partial charge in [0, 0.05) is 30.6 Å². The molecule has 136 valence electrons. The van der Waals surface area contributed by atoms with Crippen LogP contribution >= 0.6 is 11.6 Å². The van der Waals surface area contributed by atoms with E-state index in [0.29, 0.717) is 24.5 Å². The predicted molar refractivity (Wildman–Crippen MR) is 98.2 cm³/mol. The molecule has 2 aliphatic rings. The SMILES string of the molecule is CC(CN1CCCC1)C(=O)N1CC(Cc2ccc(Cl)cc2)(C(N)=O)C1. The molecule has 1 unspecified atom stereocenters. The van der Waals surface area contributed by atoms with E-state index in [0.717, 1.165) is 25.2 Å². The number of nitrogens with zero attached hydrogens (tertiary/aromatic N) is 2. The average Bonchev–Trinajstić information content (AvgIpc) is 3.04. The van der Waals surface area contributed by atoms with Crippen LogP contribution in [0, 0.1) is 11.3 Å². The average molecular weight is 364 g/mol. The number of rotatable bonds is 6. The number of amides is 2. The lowest BCUT2D eigenvalue weighted by atomic mass is 9.73. The fraction of sp³-hybridized carbons (Fsp3) is 0.579. The molecule has 3 rings (SSSR count). The van der Waals surface area contributed by atoms with Crippen LogP contribution in [0.4, 0.5) is 0 Å². The van der Waals surface area contributed by atoms with Gasteiger partial charge in [-0.25, -0.2) is 0 Å². The molecule has 25 heavy (non-hydrogen) atoms. The summed E-state index contributed by atoms with van der Waals surface area (Å²) in [5.74, 6) is -0.252. The summed E-state index contributed by atoms with van der Waals surface area (Å²) >= 11 is 5.91. The van der Waals surface area contributed by atoms with Crippen LogP contribution in [0.1, 0.15) is 25.3 Å². The van der Waals surface area contributed by atoms with Gasteiger partial charge >= 0.3 is 0 Å². The molecular weight excluding hydrogens is 338 g/mol. The highest BCUT2D eigenvalue weighted by Crippen LogP contribution is 2.35. The molecule has 2 saturated heterocycles. The molecule has 0 saturated carbocycles. The van der Waals surface area contributed by atoms with Crippen LogP contribution in [-0.4, -0.2) is 54.3 Å². The van der Waals surface area contributed by atoms with Gasteiger partial charge in [-0.2, -0.15) is 0 Å². The molecule has 0 aromatic heterocycles. The van der Waals surface area contributed by atoms with Crippen LogP contribution in [0.5, 0.6) is 0 Å². The maximum absolute atomic E-state index is 12.7. The zero-order chi connectivity index (χ0) is 18.0. The first kappa shape index (κ1) is 18.2. The van der Waals surface area contributed by atoms with Crippen molar-refractivity contribution in [1.82, 2.24) is 9.80 Å². The summed E-state index contributed by atoms with van der Waals surface area (Å²) in [6.45, 7) is 5.77. The van der Waals surface area contributed by atoms with E-state index in [9.17, 15) is 9.59 Å². The number of hydrogen-bond acceptors (Lipinski definition) is 3. The Labute approximate surface area is 154 Å². The number of likely N-dealkylation sites (tertiary alicyclic amines) is 2. The van der Waals surface area contributed by atoms with Gasteiger partial charge < -0.3 is 15.5 Å². The Bertz CT molecular complexity index is 635. The fourth-order valence-corrected chi connectivity index (χ4v) is 4.06. The molecule has 5 nitrogen and oxygen atoms in total. The van der Waals surface area contributed by atoms with Crippen molar-refractivity contribution in [3.05, 3.63) is 34.9 Å². The lowest BCUT2D eigenvalue weighted by Crippen LogP contribution is -2.65. The molecule has 2 aliphatic heterocycles. The molecule has 0 radical (unpaired) electrons. The molecule has 2 heterocycles. The van der Waals surface area contributed by atoms with Gasteiger partial charge in [0.15, 0.2) is 0 Å². The second-order valence-corrected chi connectivity index (χ2v) is 7.99. The van der Waals surface area contributed by atoms with Gasteiger partial charge in [0.05, 0.1) is 5.41 Å².